The van der Waals surface area contributed by atoms with Crippen molar-refractivity contribution in [3.05, 3.63) is 12.7 Å². The van der Waals surface area contributed by atoms with E-state index in [4.69, 9.17) is 4.74 Å². The summed E-state index contributed by atoms with van der Waals surface area (Å²) in [5.74, 6) is -0.396. The number of hydrogen-bond acceptors (Lipinski definition) is 4. The molecule has 0 aromatic heterocycles. The quantitative estimate of drug-likeness (QED) is 0.455. The van der Waals surface area contributed by atoms with Gasteiger partial charge < -0.3 is 4.74 Å². The second kappa shape index (κ2) is 5.86. The van der Waals surface area contributed by atoms with E-state index < -0.39 is 5.97 Å². The van der Waals surface area contributed by atoms with Gasteiger partial charge in [-0.15, -0.1) is 0 Å². The van der Waals surface area contributed by atoms with Crippen LogP contribution in [0.25, 0.3) is 0 Å². The van der Waals surface area contributed by atoms with Gasteiger partial charge in [-0.05, 0) is 44.4 Å². The molecular formula is C17H23NO4. The van der Waals surface area contributed by atoms with Gasteiger partial charge in [0.1, 0.15) is 6.10 Å². The average molecular weight is 305 g/mol. The summed E-state index contributed by atoms with van der Waals surface area (Å²) in [6.45, 7) is 5.54. The highest BCUT2D eigenvalue weighted by Gasteiger charge is 2.53. The summed E-state index contributed by atoms with van der Waals surface area (Å²) >= 11 is 0. The van der Waals surface area contributed by atoms with Crippen LogP contribution in [0.5, 0.6) is 0 Å². The zero-order valence-electron chi connectivity index (χ0n) is 13.0. The summed E-state index contributed by atoms with van der Waals surface area (Å²) in [7, 11) is 0. The Morgan fingerprint density at radius 3 is 2.64 bits per heavy atom. The standard InChI is InChI=1S/C17H23NO4/c1-3-15(19)22-14-6-4-5-13(14)18-16(20)11-8-7-10(2)9-12(11)17(18)21/h3,10-14H,1,4-9H2,2H3. The minimum absolute atomic E-state index is 0.0477. The topological polar surface area (TPSA) is 63.7 Å². The summed E-state index contributed by atoms with van der Waals surface area (Å²) in [5.41, 5.74) is 0. The molecule has 2 aliphatic carbocycles. The van der Waals surface area contributed by atoms with Gasteiger partial charge in [-0.2, -0.15) is 0 Å². The van der Waals surface area contributed by atoms with Crippen molar-refractivity contribution in [2.75, 3.05) is 0 Å². The van der Waals surface area contributed by atoms with Crippen LogP contribution >= 0.6 is 0 Å². The van der Waals surface area contributed by atoms with Crippen molar-refractivity contribution in [1.29, 1.82) is 0 Å². The average Bonchev–Trinajstić information content (AvgIpc) is 3.03. The van der Waals surface area contributed by atoms with Gasteiger partial charge in [0, 0.05) is 6.08 Å². The maximum atomic E-state index is 12.7. The minimum Gasteiger partial charge on any atom is -0.457 e. The van der Waals surface area contributed by atoms with Crippen LogP contribution in [0.2, 0.25) is 0 Å². The lowest BCUT2D eigenvalue weighted by Gasteiger charge is -2.27. The van der Waals surface area contributed by atoms with Gasteiger partial charge in [0.2, 0.25) is 11.8 Å². The molecule has 2 saturated carbocycles. The highest BCUT2D eigenvalue weighted by Crippen LogP contribution is 2.43. The fourth-order valence-electron chi connectivity index (χ4n) is 4.28. The minimum atomic E-state index is -0.484. The third-order valence-electron chi connectivity index (χ3n) is 5.41. The molecule has 1 aliphatic heterocycles. The number of imide groups is 1. The predicted molar refractivity (Wildman–Crippen MR) is 79.6 cm³/mol. The van der Waals surface area contributed by atoms with Crippen LogP contribution in [-0.4, -0.2) is 34.8 Å². The molecule has 3 aliphatic rings. The summed E-state index contributed by atoms with van der Waals surface area (Å²) in [4.78, 5) is 38.3. The Bertz CT molecular complexity index is 515. The zero-order chi connectivity index (χ0) is 15.9. The molecule has 0 N–H and O–H groups in total. The van der Waals surface area contributed by atoms with E-state index in [1.807, 2.05) is 0 Å². The maximum absolute atomic E-state index is 12.7. The fourth-order valence-corrected chi connectivity index (χ4v) is 4.28. The van der Waals surface area contributed by atoms with E-state index in [0.717, 1.165) is 38.2 Å². The van der Waals surface area contributed by atoms with E-state index >= 15 is 0 Å². The van der Waals surface area contributed by atoms with Crippen molar-refractivity contribution in [3.63, 3.8) is 0 Å². The molecule has 5 atom stereocenters. The summed E-state index contributed by atoms with van der Waals surface area (Å²) in [6.07, 6.45) is 5.65. The molecule has 5 nitrogen and oxygen atoms in total. The first-order valence-corrected chi connectivity index (χ1v) is 8.23. The van der Waals surface area contributed by atoms with Gasteiger partial charge in [0.05, 0.1) is 17.9 Å². The summed E-state index contributed by atoms with van der Waals surface area (Å²) in [6, 6.07) is -0.287. The lowest BCUT2D eigenvalue weighted by Crippen LogP contribution is -2.46. The summed E-state index contributed by atoms with van der Waals surface area (Å²) < 4.78 is 5.35. The molecule has 0 aromatic carbocycles. The van der Waals surface area contributed by atoms with Crippen LogP contribution in [0.15, 0.2) is 12.7 Å². The van der Waals surface area contributed by atoms with Gasteiger partial charge in [0.15, 0.2) is 0 Å². The molecule has 0 bridgehead atoms. The third-order valence-corrected chi connectivity index (χ3v) is 5.41. The Morgan fingerprint density at radius 1 is 1.18 bits per heavy atom. The van der Waals surface area contributed by atoms with Crippen LogP contribution in [0.1, 0.15) is 45.4 Å². The Kier molecular flexibility index (Phi) is 4.06. The molecule has 22 heavy (non-hydrogen) atoms. The van der Waals surface area contributed by atoms with Gasteiger partial charge in [0.25, 0.3) is 0 Å². The Labute approximate surface area is 130 Å². The lowest BCUT2D eigenvalue weighted by atomic mass is 9.76. The second-order valence-electron chi connectivity index (χ2n) is 6.86. The number of amides is 2. The van der Waals surface area contributed by atoms with E-state index in [2.05, 4.69) is 13.5 Å². The first-order chi connectivity index (χ1) is 10.5. The van der Waals surface area contributed by atoms with E-state index in [9.17, 15) is 14.4 Å². The van der Waals surface area contributed by atoms with Gasteiger partial charge in [-0.1, -0.05) is 13.5 Å². The van der Waals surface area contributed by atoms with Crippen LogP contribution in [0.3, 0.4) is 0 Å². The van der Waals surface area contributed by atoms with E-state index in [1.54, 1.807) is 0 Å². The van der Waals surface area contributed by atoms with Crippen molar-refractivity contribution < 1.29 is 19.1 Å². The molecule has 5 heteroatoms. The molecule has 0 aromatic rings. The van der Waals surface area contributed by atoms with Gasteiger partial charge >= 0.3 is 5.97 Å². The van der Waals surface area contributed by atoms with Crippen LogP contribution in [0, 0.1) is 17.8 Å². The van der Waals surface area contributed by atoms with E-state index in [1.165, 1.54) is 4.90 Å². The number of ether oxygens (including phenoxy) is 1. The van der Waals surface area contributed by atoms with Gasteiger partial charge in [-0.3, -0.25) is 14.5 Å². The Morgan fingerprint density at radius 2 is 1.91 bits per heavy atom. The number of carbonyl (C=O) groups is 3. The van der Waals surface area contributed by atoms with E-state index in [0.29, 0.717) is 12.3 Å². The molecule has 3 fully saturated rings. The molecule has 1 heterocycles. The van der Waals surface area contributed by atoms with Crippen molar-refractivity contribution in [2.24, 2.45) is 17.8 Å². The Balaban J connectivity index is 1.78. The van der Waals surface area contributed by atoms with Crippen LogP contribution in [-0.2, 0) is 19.1 Å². The lowest BCUT2D eigenvalue weighted by molar-refractivity contribution is -0.153. The highest BCUT2D eigenvalue weighted by molar-refractivity contribution is 6.05. The summed E-state index contributed by atoms with van der Waals surface area (Å²) in [5, 5.41) is 0. The Hall–Kier alpha value is -1.65. The number of carbonyl (C=O) groups excluding carboxylic acids is 3. The molecule has 3 rings (SSSR count). The molecular weight excluding hydrogens is 282 g/mol. The smallest absolute Gasteiger partial charge is 0.330 e. The first kappa shape index (κ1) is 15.3. The van der Waals surface area contributed by atoms with E-state index in [-0.39, 0.29) is 35.8 Å². The molecule has 5 unspecified atom stereocenters. The molecule has 0 radical (unpaired) electrons. The second-order valence-corrected chi connectivity index (χ2v) is 6.86. The highest BCUT2D eigenvalue weighted by atomic mass is 16.5. The normalized spacial score (nSPS) is 38.0. The van der Waals surface area contributed by atoms with Crippen molar-refractivity contribution >= 4 is 17.8 Å². The monoisotopic (exact) mass is 305 g/mol. The number of nitrogens with zero attached hydrogens (tertiary/aromatic N) is 1. The zero-order valence-corrected chi connectivity index (χ0v) is 13.0. The maximum Gasteiger partial charge on any atom is 0.330 e. The number of esters is 1. The first-order valence-electron chi connectivity index (χ1n) is 8.23. The number of rotatable bonds is 3. The molecule has 0 spiro atoms. The van der Waals surface area contributed by atoms with Crippen LogP contribution < -0.4 is 0 Å². The van der Waals surface area contributed by atoms with Crippen molar-refractivity contribution in [2.45, 2.75) is 57.6 Å². The van der Waals surface area contributed by atoms with Gasteiger partial charge in [-0.25, -0.2) is 4.79 Å². The third kappa shape index (κ3) is 2.46. The number of likely N-dealkylation sites (tertiary alicyclic amines) is 1. The fraction of sp³-hybridized carbons (Fsp3) is 0.706. The molecule has 120 valence electrons. The van der Waals surface area contributed by atoms with Crippen molar-refractivity contribution in [3.8, 4) is 0 Å². The number of fused-ring (bicyclic) bond motifs is 1. The van der Waals surface area contributed by atoms with Crippen molar-refractivity contribution in [1.82, 2.24) is 4.90 Å². The predicted octanol–water partition coefficient (Wildman–Crippen LogP) is 2.06. The SMILES string of the molecule is C=CC(=O)OC1CCCC1N1C(=O)C2CCC(C)CC2C1=O. The largest absolute Gasteiger partial charge is 0.457 e. The molecule has 2 amide bonds. The number of hydrogen-bond donors (Lipinski definition) is 0. The van der Waals surface area contributed by atoms with Crippen LogP contribution in [0.4, 0.5) is 0 Å². The molecule has 1 saturated heterocycles.